The van der Waals surface area contributed by atoms with E-state index < -0.39 is 5.41 Å². The number of aromatic hydroxyl groups is 1. The van der Waals surface area contributed by atoms with Crippen molar-refractivity contribution in [3.63, 3.8) is 0 Å². The van der Waals surface area contributed by atoms with E-state index in [0.29, 0.717) is 0 Å². The van der Waals surface area contributed by atoms with E-state index in [1.807, 2.05) is 0 Å². The normalized spacial score (nSPS) is 24.4. The Bertz CT molecular complexity index is 478. The molecule has 1 aromatic carbocycles. The summed E-state index contributed by atoms with van der Waals surface area (Å²) in [7, 11) is 0. The molecule has 0 saturated heterocycles. The molecule has 4 nitrogen and oxygen atoms in total. The highest BCUT2D eigenvalue weighted by Gasteiger charge is 2.42. The zero-order chi connectivity index (χ0) is 11.9. The Morgan fingerprint density at radius 1 is 1.38 bits per heavy atom. The number of phenolic OH excluding ortho intramolecular Hbond substituents is 1. The molecule has 0 spiro atoms. The van der Waals surface area contributed by atoms with Gasteiger partial charge in [-0.15, -0.1) is 0 Å². The number of hydrogen-bond acceptors (Lipinski definition) is 4. The second-order valence-electron chi connectivity index (χ2n) is 4.35. The van der Waals surface area contributed by atoms with Gasteiger partial charge in [0.2, 0.25) is 0 Å². The average molecular weight is 220 g/mol. The van der Waals surface area contributed by atoms with E-state index in [-0.39, 0.29) is 41.5 Å². The van der Waals surface area contributed by atoms with E-state index in [1.54, 1.807) is 6.92 Å². The molecule has 0 amide bonds. The van der Waals surface area contributed by atoms with E-state index >= 15 is 0 Å². The molecule has 1 aromatic rings. The minimum absolute atomic E-state index is 0.0626. The largest absolute Gasteiger partial charge is 0.507 e. The molecule has 16 heavy (non-hydrogen) atoms. The first-order chi connectivity index (χ1) is 7.49. The molecule has 1 aliphatic rings. The number of Topliss-reactive ketones (excluding diaryl/α,β-unsaturated/α-hetero) is 2. The number of benzene rings is 1. The summed E-state index contributed by atoms with van der Waals surface area (Å²) >= 11 is 0. The van der Waals surface area contributed by atoms with Crippen molar-refractivity contribution in [3.05, 3.63) is 29.3 Å². The van der Waals surface area contributed by atoms with E-state index in [9.17, 15) is 19.8 Å². The molecule has 0 bridgehead atoms. The lowest BCUT2D eigenvalue weighted by Gasteiger charge is -2.30. The van der Waals surface area contributed by atoms with Gasteiger partial charge in [0.05, 0.1) is 17.6 Å². The lowest BCUT2D eigenvalue weighted by molar-refractivity contribution is 0.0583. The summed E-state index contributed by atoms with van der Waals surface area (Å²) in [6.07, 6.45) is -0.0626. The van der Waals surface area contributed by atoms with Crippen molar-refractivity contribution in [1.82, 2.24) is 0 Å². The van der Waals surface area contributed by atoms with Crippen LogP contribution in [0.1, 0.15) is 34.1 Å². The topological polar surface area (TPSA) is 74.6 Å². The Morgan fingerprint density at radius 2 is 2.06 bits per heavy atom. The maximum Gasteiger partial charge on any atom is 0.172 e. The van der Waals surface area contributed by atoms with Crippen LogP contribution in [0.25, 0.3) is 0 Å². The van der Waals surface area contributed by atoms with E-state index in [4.69, 9.17) is 0 Å². The van der Waals surface area contributed by atoms with Gasteiger partial charge < -0.3 is 10.2 Å². The quantitative estimate of drug-likeness (QED) is 0.744. The van der Waals surface area contributed by atoms with Crippen LogP contribution >= 0.6 is 0 Å². The Labute approximate surface area is 92.5 Å². The fourth-order valence-corrected chi connectivity index (χ4v) is 2.00. The Hall–Kier alpha value is -1.68. The molecule has 0 saturated carbocycles. The molecular weight excluding hydrogens is 208 g/mol. The van der Waals surface area contributed by atoms with Crippen LogP contribution in [0, 0.1) is 5.41 Å². The van der Waals surface area contributed by atoms with Crippen LogP contribution in [-0.2, 0) is 0 Å². The molecule has 0 unspecified atom stereocenters. The van der Waals surface area contributed by atoms with Crippen LogP contribution in [0.4, 0.5) is 0 Å². The van der Waals surface area contributed by atoms with E-state index in [0.717, 1.165) is 0 Å². The van der Waals surface area contributed by atoms with Crippen molar-refractivity contribution in [1.29, 1.82) is 0 Å². The zero-order valence-electron chi connectivity index (χ0n) is 8.86. The van der Waals surface area contributed by atoms with Gasteiger partial charge >= 0.3 is 0 Å². The first-order valence-electron chi connectivity index (χ1n) is 5.00. The monoisotopic (exact) mass is 220 g/mol. The molecule has 2 rings (SSSR count). The Morgan fingerprint density at radius 3 is 2.69 bits per heavy atom. The van der Waals surface area contributed by atoms with Gasteiger partial charge in [0.15, 0.2) is 11.6 Å². The number of carbonyl (C=O) groups excluding carboxylic acids is 2. The van der Waals surface area contributed by atoms with Crippen LogP contribution in [0.2, 0.25) is 0 Å². The van der Waals surface area contributed by atoms with Gasteiger partial charge in [0.25, 0.3) is 0 Å². The summed E-state index contributed by atoms with van der Waals surface area (Å²) in [5.41, 5.74) is -0.774. The SMILES string of the molecule is C[C@]1(CO)CC(=O)c2c(O)cccc2C1=O. The predicted octanol–water partition coefficient (Wildman–Crippen LogP) is 1.16. The molecule has 84 valence electrons. The molecule has 0 fully saturated rings. The smallest absolute Gasteiger partial charge is 0.172 e. The minimum Gasteiger partial charge on any atom is -0.507 e. The van der Waals surface area contributed by atoms with Gasteiger partial charge in [-0.05, 0) is 13.0 Å². The Balaban J connectivity index is 2.65. The number of phenols is 1. The Kier molecular flexibility index (Phi) is 2.31. The summed E-state index contributed by atoms with van der Waals surface area (Å²) in [4.78, 5) is 23.8. The van der Waals surface area contributed by atoms with E-state index in [2.05, 4.69) is 0 Å². The van der Waals surface area contributed by atoms with Gasteiger partial charge in [-0.2, -0.15) is 0 Å². The highest BCUT2D eigenvalue weighted by Crippen LogP contribution is 2.37. The van der Waals surface area contributed by atoms with Crippen molar-refractivity contribution >= 4 is 11.6 Å². The van der Waals surface area contributed by atoms with Gasteiger partial charge in [-0.1, -0.05) is 12.1 Å². The third-order valence-electron chi connectivity index (χ3n) is 3.01. The minimum atomic E-state index is -1.06. The number of fused-ring (bicyclic) bond motifs is 1. The lowest BCUT2D eigenvalue weighted by atomic mass is 9.71. The summed E-state index contributed by atoms with van der Waals surface area (Å²) in [6.45, 7) is 1.19. The number of aliphatic hydroxyl groups excluding tert-OH is 1. The van der Waals surface area contributed by atoms with Crippen LogP contribution in [-0.4, -0.2) is 28.4 Å². The second kappa shape index (κ2) is 3.42. The van der Waals surface area contributed by atoms with Crippen LogP contribution in [0.3, 0.4) is 0 Å². The van der Waals surface area contributed by atoms with Crippen LogP contribution in [0.5, 0.6) is 5.75 Å². The summed E-state index contributed by atoms with van der Waals surface area (Å²) in [5, 5.41) is 18.7. The van der Waals surface area contributed by atoms with Gasteiger partial charge in [0, 0.05) is 12.0 Å². The lowest BCUT2D eigenvalue weighted by Crippen LogP contribution is -2.39. The van der Waals surface area contributed by atoms with E-state index in [1.165, 1.54) is 18.2 Å². The first-order valence-corrected chi connectivity index (χ1v) is 5.00. The number of hydrogen-bond donors (Lipinski definition) is 2. The van der Waals surface area contributed by atoms with Crippen molar-refractivity contribution in [2.75, 3.05) is 6.61 Å². The zero-order valence-corrected chi connectivity index (χ0v) is 8.86. The standard InChI is InChI=1S/C12H12O4/c1-12(6-13)5-9(15)10-7(11(12)16)3-2-4-8(10)14/h2-4,13-14H,5-6H2,1H3/t12-/m1/s1. The average Bonchev–Trinajstić information content (AvgIpc) is 2.25. The molecule has 2 N–H and O–H groups in total. The number of ketones is 2. The predicted molar refractivity (Wildman–Crippen MR) is 56.6 cm³/mol. The van der Waals surface area contributed by atoms with Crippen molar-refractivity contribution in [2.45, 2.75) is 13.3 Å². The number of rotatable bonds is 1. The van der Waals surface area contributed by atoms with Gasteiger partial charge in [-0.25, -0.2) is 0 Å². The third-order valence-corrected chi connectivity index (χ3v) is 3.01. The van der Waals surface area contributed by atoms with Crippen LogP contribution in [0.15, 0.2) is 18.2 Å². The molecule has 0 aromatic heterocycles. The molecule has 1 atom stereocenters. The highest BCUT2D eigenvalue weighted by molar-refractivity contribution is 6.17. The van der Waals surface area contributed by atoms with Crippen molar-refractivity contribution < 1.29 is 19.8 Å². The molecule has 0 radical (unpaired) electrons. The summed E-state index contributed by atoms with van der Waals surface area (Å²) in [5.74, 6) is -0.763. The molecule has 0 aliphatic heterocycles. The first kappa shape index (κ1) is 10.8. The van der Waals surface area contributed by atoms with Crippen LogP contribution < -0.4 is 0 Å². The fourth-order valence-electron chi connectivity index (χ4n) is 2.00. The molecule has 0 heterocycles. The number of carbonyl (C=O) groups is 2. The number of aliphatic hydroxyl groups is 1. The van der Waals surface area contributed by atoms with Gasteiger partial charge in [-0.3, -0.25) is 9.59 Å². The fraction of sp³-hybridized carbons (Fsp3) is 0.333. The maximum atomic E-state index is 12.0. The van der Waals surface area contributed by atoms with Gasteiger partial charge in [0.1, 0.15) is 5.75 Å². The molecule has 1 aliphatic carbocycles. The summed E-state index contributed by atoms with van der Waals surface area (Å²) < 4.78 is 0. The maximum absolute atomic E-state index is 12.0. The van der Waals surface area contributed by atoms with Crippen molar-refractivity contribution in [3.8, 4) is 5.75 Å². The summed E-state index contributed by atoms with van der Waals surface area (Å²) in [6, 6.07) is 4.40. The third kappa shape index (κ3) is 1.34. The molecular formula is C12H12O4. The highest BCUT2D eigenvalue weighted by atomic mass is 16.3. The van der Waals surface area contributed by atoms with Crippen molar-refractivity contribution in [2.24, 2.45) is 5.41 Å². The second-order valence-corrected chi connectivity index (χ2v) is 4.35. The molecule has 4 heteroatoms.